The number of phenols is 1. The second-order valence-electron chi connectivity index (χ2n) is 10.9. The molecule has 13 N–H and O–H groups in total. The molecule has 1 aromatic rings. The zero-order chi connectivity index (χ0) is 38.8. The van der Waals surface area contributed by atoms with Crippen LogP contribution in [0.3, 0.4) is 0 Å². The summed E-state index contributed by atoms with van der Waals surface area (Å²) >= 11 is 0. The zero-order valence-electron chi connectivity index (χ0n) is 27.0. The number of nitrogens with two attached hydrogens (primary N) is 1. The van der Waals surface area contributed by atoms with Gasteiger partial charge in [0.2, 0.25) is 35.4 Å². The highest BCUT2D eigenvalue weighted by Gasteiger charge is 2.33. The average Bonchev–Trinajstić information content (AvgIpc) is 3.04. The number of carboxylic acid groups (broad SMARTS) is 4. The van der Waals surface area contributed by atoms with Gasteiger partial charge in [-0.2, -0.15) is 0 Å². The number of nitrogens with one attached hydrogen (secondary N) is 6. The van der Waals surface area contributed by atoms with Crippen molar-refractivity contribution in [3.63, 3.8) is 0 Å². The fraction of sp³-hybridized carbons (Fsp3) is 0.448. The fourth-order valence-corrected chi connectivity index (χ4v) is 4.09. The van der Waals surface area contributed by atoms with E-state index in [2.05, 4.69) is 31.9 Å². The first kappa shape index (κ1) is 42.7. The Balaban J connectivity index is 3.09. The minimum absolute atomic E-state index is 0.113. The van der Waals surface area contributed by atoms with E-state index < -0.39 is 128 Å². The molecule has 0 fully saturated rings. The second-order valence-corrected chi connectivity index (χ2v) is 10.9. The third kappa shape index (κ3) is 16.6. The molecule has 0 saturated heterocycles. The molecule has 1 aromatic carbocycles. The Morgan fingerprint density at radius 2 is 1.12 bits per heavy atom. The lowest BCUT2D eigenvalue weighted by molar-refractivity contribution is -0.144. The third-order valence-electron chi connectivity index (χ3n) is 6.70. The van der Waals surface area contributed by atoms with Crippen molar-refractivity contribution in [3.05, 3.63) is 29.8 Å². The number of carboxylic acids is 4. The molecule has 0 aliphatic heterocycles. The van der Waals surface area contributed by atoms with E-state index in [-0.39, 0.29) is 12.2 Å². The summed E-state index contributed by atoms with van der Waals surface area (Å²) in [5.74, 6) is -12.7. The number of phenolic OH excluding ortho intramolecular Hbond substituents is 1. The summed E-state index contributed by atoms with van der Waals surface area (Å²) in [5.41, 5.74) is 5.47. The molecular weight excluding hydrogens is 686 g/mol. The lowest BCUT2D eigenvalue weighted by Crippen LogP contribution is -2.59. The number of carbonyl (C=O) groups is 10. The van der Waals surface area contributed by atoms with E-state index in [4.69, 9.17) is 15.9 Å². The van der Waals surface area contributed by atoms with Gasteiger partial charge in [-0.3, -0.25) is 43.2 Å². The summed E-state index contributed by atoms with van der Waals surface area (Å²) in [7, 11) is 0. The number of hydrogen-bond acceptors (Lipinski definition) is 12. The van der Waals surface area contributed by atoms with Crippen molar-refractivity contribution < 1.29 is 73.5 Å². The highest BCUT2D eigenvalue weighted by molar-refractivity contribution is 5.98. The van der Waals surface area contributed by atoms with Crippen molar-refractivity contribution in [2.24, 2.45) is 5.73 Å². The van der Waals surface area contributed by atoms with Crippen LogP contribution in [0.5, 0.6) is 5.75 Å². The molecule has 0 bridgehead atoms. The van der Waals surface area contributed by atoms with Gasteiger partial charge in [0.1, 0.15) is 36.0 Å². The summed E-state index contributed by atoms with van der Waals surface area (Å²) in [6.07, 6.45) is -3.67. The molecule has 0 spiro atoms. The number of aliphatic carboxylic acids is 4. The van der Waals surface area contributed by atoms with E-state index in [1.54, 1.807) is 0 Å². The van der Waals surface area contributed by atoms with Crippen molar-refractivity contribution in [2.45, 2.75) is 69.2 Å². The standard InChI is InChI=1S/C29H39N7O15/c1-13(32-27(48)17(9-23(42)43)33-21(39)12-31-20(38)11-30)25(46)34-16(6-7-22(40)41)26(47)35-18(10-24(44)45)28(49)36-19(29(50)51)8-14-2-4-15(37)5-3-14/h2-5,13,16-19,37H,6-12,30H2,1H3,(H,31,38)(H,32,48)(H,33,39)(H,34,46)(H,35,47)(H,36,49)(H,40,41)(H,42,43)(H,44,45)(H,50,51)/t13-,16-,17-,18-,19-/m0/s1. The van der Waals surface area contributed by atoms with Crippen LogP contribution in [0.2, 0.25) is 0 Å². The van der Waals surface area contributed by atoms with Gasteiger partial charge in [-0.05, 0) is 31.0 Å². The molecule has 0 heterocycles. The zero-order valence-corrected chi connectivity index (χ0v) is 27.0. The maximum atomic E-state index is 13.2. The van der Waals surface area contributed by atoms with Gasteiger partial charge in [0.15, 0.2) is 0 Å². The van der Waals surface area contributed by atoms with Crippen molar-refractivity contribution in [1.82, 2.24) is 31.9 Å². The van der Waals surface area contributed by atoms with Crippen molar-refractivity contribution in [2.75, 3.05) is 13.1 Å². The molecule has 0 aliphatic rings. The Bertz CT molecular complexity index is 1480. The Morgan fingerprint density at radius 3 is 1.63 bits per heavy atom. The van der Waals surface area contributed by atoms with Crippen molar-refractivity contribution in [1.29, 1.82) is 0 Å². The Hall–Kier alpha value is -6.32. The molecule has 22 heteroatoms. The van der Waals surface area contributed by atoms with Gasteiger partial charge in [-0.1, -0.05) is 12.1 Å². The number of hydrogen-bond donors (Lipinski definition) is 12. The third-order valence-corrected chi connectivity index (χ3v) is 6.70. The van der Waals surface area contributed by atoms with Gasteiger partial charge < -0.3 is 63.2 Å². The maximum absolute atomic E-state index is 13.2. The smallest absolute Gasteiger partial charge is 0.326 e. The van der Waals surface area contributed by atoms with E-state index >= 15 is 0 Å². The van der Waals surface area contributed by atoms with Crippen LogP contribution in [-0.2, 0) is 54.4 Å². The monoisotopic (exact) mass is 725 g/mol. The first-order valence-electron chi connectivity index (χ1n) is 15.0. The number of amides is 6. The van der Waals surface area contributed by atoms with Gasteiger partial charge in [0.05, 0.1) is 25.9 Å². The molecular formula is C29H39N7O15. The van der Waals surface area contributed by atoms with Crippen LogP contribution in [0.25, 0.3) is 0 Å². The molecule has 5 atom stereocenters. The number of benzene rings is 1. The molecule has 0 radical (unpaired) electrons. The number of carbonyl (C=O) groups excluding carboxylic acids is 6. The van der Waals surface area contributed by atoms with Gasteiger partial charge in [0, 0.05) is 12.8 Å². The molecule has 22 nitrogen and oxygen atoms in total. The minimum atomic E-state index is -1.92. The van der Waals surface area contributed by atoms with E-state index in [0.29, 0.717) is 5.56 Å². The quantitative estimate of drug-likeness (QED) is 0.0534. The lowest BCUT2D eigenvalue weighted by atomic mass is 10.0. The molecule has 51 heavy (non-hydrogen) atoms. The first-order chi connectivity index (χ1) is 23.8. The van der Waals surface area contributed by atoms with Crippen LogP contribution in [0.1, 0.15) is 38.2 Å². The SMILES string of the molecule is C[C@H](NC(=O)[C@H](CC(=O)O)NC(=O)CNC(=O)CN)C(=O)N[C@@H](CCC(=O)O)C(=O)N[C@@H](CC(=O)O)C(=O)N[C@@H](Cc1ccc(O)cc1)C(=O)O. The van der Waals surface area contributed by atoms with Gasteiger partial charge in [0.25, 0.3) is 0 Å². The molecule has 1 rings (SSSR count). The summed E-state index contributed by atoms with van der Waals surface area (Å²) in [5, 5.41) is 59.3. The van der Waals surface area contributed by atoms with E-state index in [1.165, 1.54) is 24.3 Å². The van der Waals surface area contributed by atoms with E-state index in [9.17, 15) is 63.3 Å². The Morgan fingerprint density at radius 1 is 0.627 bits per heavy atom. The van der Waals surface area contributed by atoms with Crippen molar-refractivity contribution >= 4 is 59.3 Å². The Labute approximate surface area is 288 Å². The molecule has 0 aliphatic carbocycles. The topological polar surface area (TPSA) is 370 Å². The molecule has 0 aromatic heterocycles. The second kappa shape index (κ2) is 20.9. The van der Waals surface area contributed by atoms with Crippen LogP contribution in [0, 0.1) is 0 Å². The lowest BCUT2D eigenvalue weighted by Gasteiger charge is -2.25. The highest BCUT2D eigenvalue weighted by atomic mass is 16.4. The van der Waals surface area contributed by atoms with Gasteiger partial charge in [-0.15, -0.1) is 0 Å². The summed E-state index contributed by atoms with van der Waals surface area (Å²) in [4.78, 5) is 121. The Kier molecular flexibility index (Phi) is 17.5. The average molecular weight is 726 g/mol. The number of rotatable bonds is 22. The summed E-state index contributed by atoms with van der Waals surface area (Å²) in [6, 6.07) is -3.33. The van der Waals surface area contributed by atoms with E-state index in [0.717, 1.165) is 6.92 Å². The summed E-state index contributed by atoms with van der Waals surface area (Å²) in [6.45, 7) is -0.0292. The van der Waals surface area contributed by atoms with Crippen LogP contribution in [0.4, 0.5) is 0 Å². The predicted octanol–water partition coefficient (Wildman–Crippen LogP) is -4.65. The maximum Gasteiger partial charge on any atom is 0.326 e. The largest absolute Gasteiger partial charge is 0.508 e. The predicted molar refractivity (Wildman–Crippen MR) is 168 cm³/mol. The van der Waals surface area contributed by atoms with Crippen LogP contribution < -0.4 is 37.6 Å². The van der Waals surface area contributed by atoms with E-state index in [1.807, 2.05) is 0 Å². The highest BCUT2D eigenvalue weighted by Crippen LogP contribution is 2.12. The molecule has 6 amide bonds. The summed E-state index contributed by atoms with van der Waals surface area (Å²) < 4.78 is 0. The molecule has 0 saturated carbocycles. The van der Waals surface area contributed by atoms with Crippen molar-refractivity contribution in [3.8, 4) is 5.75 Å². The number of aromatic hydroxyl groups is 1. The molecule has 0 unspecified atom stereocenters. The van der Waals surface area contributed by atoms with Crippen LogP contribution >= 0.6 is 0 Å². The van der Waals surface area contributed by atoms with Crippen LogP contribution in [-0.4, -0.2) is 128 Å². The fourth-order valence-electron chi connectivity index (χ4n) is 4.09. The van der Waals surface area contributed by atoms with Gasteiger partial charge in [-0.25, -0.2) is 4.79 Å². The molecule has 280 valence electrons. The normalized spacial score (nSPS) is 13.5. The first-order valence-corrected chi connectivity index (χ1v) is 15.0. The van der Waals surface area contributed by atoms with Gasteiger partial charge >= 0.3 is 23.9 Å². The van der Waals surface area contributed by atoms with Crippen LogP contribution in [0.15, 0.2) is 24.3 Å². The minimum Gasteiger partial charge on any atom is -0.508 e.